The molecular weight excluding hydrogens is 374 g/mol. The lowest BCUT2D eigenvalue weighted by Gasteiger charge is -2.38. The molecule has 146 valence electrons. The third-order valence-corrected chi connectivity index (χ3v) is 7.45. The number of sulfonamides is 1. The van der Waals surface area contributed by atoms with Crippen molar-refractivity contribution in [2.75, 3.05) is 26.2 Å². The summed E-state index contributed by atoms with van der Waals surface area (Å²) in [5, 5.41) is 0. The SMILES string of the molecule is Cc1ccc(C)c(S(=O)(=O)N2CCN(C(=O)C3(N)CCCC3)CC2)c1.Cl. The zero-order valence-corrected chi connectivity index (χ0v) is 17.0. The Bertz CT molecular complexity index is 768. The molecule has 0 bridgehead atoms. The molecule has 6 nitrogen and oxygen atoms in total. The zero-order valence-electron chi connectivity index (χ0n) is 15.4. The molecule has 1 aromatic carbocycles. The molecule has 2 fully saturated rings. The average Bonchev–Trinajstić information content (AvgIpc) is 3.04. The molecule has 0 atom stereocenters. The number of nitrogens with two attached hydrogens (primary N) is 1. The zero-order chi connectivity index (χ0) is 18.2. The molecule has 1 aromatic rings. The molecule has 1 aliphatic heterocycles. The van der Waals surface area contributed by atoms with Crippen LogP contribution in [-0.4, -0.2) is 55.2 Å². The fraction of sp³-hybridized carbons (Fsp3) is 0.611. The Labute approximate surface area is 162 Å². The Morgan fingerprint density at radius 3 is 2.23 bits per heavy atom. The molecule has 2 aliphatic rings. The highest BCUT2D eigenvalue weighted by Gasteiger charge is 2.41. The van der Waals surface area contributed by atoms with E-state index in [-0.39, 0.29) is 18.3 Å². The lowest BCUT2D eigenvalue weighted by Crippen LogP contribution is -2.59. The first-order chi connectivity index (χ1) is 11.7. The topological polar surface area (TPSA) is 83.7 Å². The van der Waals surface area contributed by atoms with E-state index in [1.165, 1.54) is 4.31 Å². The first kappa shape index (κ1) is 21.2. The van der Waals surface area contributed by atoms with Crippen molar-refractivity contribution in [3.63, 3.8) is 0 Å². The highest BCUT2D eigenvalue weighted by molar-refractivity contribution is 7.89. The summed E-state index contributed by atoms with van der Waals surface area (Å²) in [6.07, 6.45) is 3.44. The molecule has 8 heteroatoms. The van der Waals surface area contributed by atoms with Crippen molar-refractivity contribution in [3.05, 3.63) is 29.3 Å². The number of hydrogen-bond acceptors (Lipinski definition) is 4. The molecule has 1 heterocycles. The number of hydrogen-bond donors (Lipinski definition) is 1. The number of rotatable bonds is 3. The van der Waals surface area contributed by atoms with Crippen LogP contribution < -0.4 is 5.73 Å². The predicted octanol–water partition coefficient (Wildman–Crippen LogP) is 1.83. The fourth-order valence-corrected chi connectivity index (χ4v) is 5.52. The Balaban J connectivity index is 0.00000243. The molecule has 1 aliphatic carbocycles. The van der Waals surface area contributed by atoms with Crippen molar-refractivity contribution in [3.8, 4) is 0 Å². The van der Waals surface area contributed by atoms with Gasteiger partial charge in [-0.1, -0.05) is 25.0 Å². The summed E-state index contributed by atoms with van der Waals surface area (Å²) in [6.45, 7) is 5.14. The van der Waals surface area contributed by atoms with Gasteiger partial charge >= 0.3 is 0 Å². The van der Waals surface area contributed by atoms with Crippen LogP contribution >= 0.6 is 12.4 Å². The Hall–Kier alpha value is -1.15. The first-order valence-corrected chi connectivity index (χ1v) is 10.3. The second-order valence-corrected chi connectivity index (χ2v) is 9.23. The highest BCUT2D eigenvalue weighted by Crippen LogP contribution is 2.30. The number of amides is 1. The summed E-state index contributed by atoms with van der Waals surface area (Å²) < 4.78 is 27.4. The number of nitrogens with zero attached hydrogens (tertiary/aromatic N) is 2. The molecule has 0 unspecified atom stereocenters. The van der Waals surface area contributed by atoms with Gasteiger partial charge in [0, 0.05) is 26.2 Å². The normalized spacial score (nSPS) is 20.7. The number of piperazine rings is 1. The van der Waals surface area contributed by atoms with Gasteiger partial charge in [-0.15, -0.1) is 12.4 Å². The van der Waals surface area contributed by atoms with Crippen LogP contribution in [0.4, 0.5) is 0 Å². The first-order valence-electron chi connectivity index (χ1n) is 8.90. The largest absolute Gasteiger partial charge is 0.338 e. The quantitative estimate of drug-likeness (QED) is 0.837. The summed E-state index contributed by atoms with van der Waals surface area (Å²) >= 11 is 0. The second kappa shape index (κ2) is 7.84. The summed E-state index contributed by atoms with van der Waals surface area (Å²) in [6, 6.07) is 5.46. The van der Waals surface area contributed by atoms with Crippen molar-refractivity contribution >= 4 is 28.3 Å². The smallest absolute Gasteiger partial charge is 0.243 e. The molecule has 26 heavy (non-hydrogen) atoms. The van der Waals surface area contributed by atoms with Gasteiger partial charge in [0.15, 0.2) is 0 Å². The minimum Gasteiger partial charge on any atom is -0.338 e. The van der Waals surface area contributed by atoms with E-state index in [4.69, 9.17) is 5.73 Å². The molecule has 0 spiro atoms. The van der Waals surface area contributed by atoms with Gasteiger partial charge in [-0.3, -0.25) is 4.79 Å². The van der Waals surface area contributed by atoms with E-state index in [1.807, 2.05) is 26.0 Å². The second-order valence-electron chi connectivity index (χ2n) is 7.33. The van der Waals surface area contributed by atoms with E-state index in [1.54, 1.807) is 11.0 Å². The number of carbonyl (C=O) groups is 1. The van der Waals surface area contributed by atoms with E-state index in [0.717, 1.165) is 36.8 Å². The molecule has 3 rings (SSSR count). The number of benzene rings is 1. The van der Waals surface area contributed by atoms with E-state index >= 15 is 0 Å². The van der Waals surface area contributed by atoms with E-state index < -0.39 is 15.6 Å². The van der Waals surface area contributed by atoms with E-state index in [0.29, 0.717) is 31.1 Å². The number of aryl methyl sites for hydroxylation is 2. The van der Waals surface area contributed by atoms with Crippen LogP contribution in [0.5, 0.6) is 0 Å². The standard InChI is InChI=1S/C18H27N3O3S.ClH/c1-14-5-6-15(2)16(13-14)25(23,24)21-11-9-20(10-12-21)17(22)18(19)7-3-4-8-18;/h5-6,13H,3-4,7-12,19H2,1-2H3;1H. The van der Waals surface area contributed by atoms with Gasteiger partial charge in [-0.05, 0) is 43.9 Å². The molecule has 0 radical (unpaired) electrons. The van der Waals surface area contributed by atoms with E-state index in [9.17, 15) is 13.2 Å². The molecule has 1 saturated carbocycles. The van der Waals surface area contributed by atoms with Crippen LogP contribution in [0.25, 0.3) is 0 Å². The molecule has 2 N–H and O–H groups in total. The van der Waals surface area contributed by atoms with Gasteiger partial charge in [0.2, 0.25) is 15.9 Å². The predicted molar refractivity (Wildman–Crippen MR) is 104 cm³/mol. The number of halogens is 1. The fourth-order valence-electron chi connectivity index (χ4n) is 3.79. The van der Waals surface area contributed by atoms with Crippen LogP contribution in [0.15, 0.2) is 23.1 Å². The van der Waals surface area contributed by atoms with Crippen molar-refractivity contribution in [2.24, 2.45) is 5.73 Å². The van der Waals surface area contributed by atoms with Crippen molar-refractivity contribution in [1.82, 2.24) is 9.21 Å². The monoisotopic (exact) mass is 401 g/mol. The van der Waals surface area contributed by atoms with Gasteiger partial charge in [-0.2, -0.15) is 4.31 Å². The molecule has 1 amide bonds. The maximum Gasteiger partial charge on any atom is 0.243 e. The van der Waals surface area contributed by atoms with Gasteiger partial charge in [0.25, 0.3) is 0 Å². The minimum atomic E-state index is -3.53. The summed E-state index contributed by atoms with van der Waals surface area (Å²) in [5.41, 5.74) is 7.18. The third-order valence-electron chi connectivity index (χ3n) is 5.41. The lowest BCUT2D eigenvalue weighted by molar-refractivity contribution is -0.138. The van der Waals surface area contributed by atoms with Gasteiger partial charge < -0.3 is 10.6 Å². The van der Waals surface area contributed by atoms with Gasteiger partial charge in [0.05, 0.1) is 10.4 Å². The molecular formula is C18H28ClN3O3S. The van der Waals surface area contributed by atoms with Crippen LogP contribution in [0.3, 0.4) is 0 Å². The lowest BCUT2D eigenvalue weighted by atomic mass is 9.97. The maximum atomic E-state index is 13.0. The van der Waals surface area contributed by atoms with Crippen molar-refractivity contribution in [2.45, 2.75) is 50.0 Å². The van der Waals surface area contributed by atoms with Crippen LogP contribution in [0.2, 0.25) is 0 Å². The third kappa shape index (κ3) is 3.91. The summed E-state index contributed by atoms with van der Waals surface area (Å²) in [7, 11) is -3.53. The van der Waals surface area contributed by atoms with Gasteiger partial charge in [-0.25, -0.2) is 8.42 Å². The maximum absolute atomic E-state index is 13.0. The highest BCUT2D eigenvalue weighted by atomic mass is 35.5. The Morgan fingerprint density at radius 1 is 1.08 bits per heavy atom. The van der Waals surface area contributed by atoms with Gasteiger partial charge in [0.1, 0.15) is 0 Å². The summed E-state index contributed by atoms with van der Waals surface area (Å²) in [4.78, 5) is 14.8. The van der Waals surface area contributed by atoms with Crippen molar-refractivity contribution < 1.29 is 13.2 Å². The average molecular weight is 402 g/mol. The Morgan fingerprint density at radius 2 is 1.65 bits per heavy atom. The molecule has 0 aromatic heterocycles. The molecule has 1 saturated heterocycles. The van der Waals surface area contributed by atoms with Crippen LogP contribution in [-0.2, 0) is 14.8 Å². The van der Waals surface area contributed by atoms with E-state index in [2.05, 4.69) is 0 Å². The van der Waals surface area contributed by atoms with Crippen LogP contribution in [0.1, 0.15) is 36.8 Å². The van der Waals surface area contributed by atoms with Crippen molar-refractivity contribution in [1.29, 1.82) is 0 Å². The number of carbonyl (C=O) groups excluding carboxylic acids is 1. The van der Waals surface area contributed by atoms with Crippen LogP contribution in [0, 0.1) is 13.8 Å². The summed E-state index contributed by atoms with van der Waals surface area (Å²) in [5.74, 6) is -0.0196. The minimum absolute atomic E-state index is 0. The Kier molecular flexibility index (Phi) is 6.38.